The van der Waals surface area contributed by atoms with Crippen molar-refractivity contribution in [3.8, 4) is 5.88 Å². The Morgan fingerprint density at radius 1 is 1.35 bits per heavy atom. The largest absolute Gasteiger partial charge is 0.480 e. The van der Waals surface area contributed by atoms with E-state index >= 15 is 0 Å². The van der Waals surface area contributed by atoms with Crippen LogP contribution in [0.25, 0.3) is 0 Å². The summed E-state index contributed by atoms with van der Waals surface area (Å²) in [7, 11) is 1.50. The summed E-state index contributed by atoms with van der Waals surface area (Å²) in [6.45, 7) is 1.49. The van der Waals surface area contributed by atoms with Crippen LogP contribution >= 0.6 is 11.3 Å². The van der Waals surface area contributed by atoms with Gasteiger partial charge in [0, 0.05) is 30.7 Å². The van der Waals surface area contributed by atoms with Crippen LogP contribution in [0.2, 0.25) is 0 Å². The molecule has 3 saturated heterocycles. The van der Waals surface area contributed by atoms with Gasteiger partial charge < -0.3 is 14.5 Å². The highest BCUT2D eigenvalue weighted by atomic mass is 32.1. The van der Waals surface area contributed by atoms with Crippen LogP contribution < -0.4 is 4.74 Å². The Labute approximate surface area is 155 Å². The smallest absolute Gasteiger partial charge is 0.259 e. The lowest BCUT2D eigenvalue weighted by Crippen LogP contribution is -2.47. The Morgan fingerprint density at radius 2 is 2.23 bits per heavy atom. The molecule has 5 heterocycles. The highest BCUT2D eigenvalue weighted by Gasteiger charge is 2.42. The standard InChI is InChI=1S/C18H20N4O3S/c1-25-16-15(3-2-6-19-16)18(24)21-7-12-4-5-14(9-21)22(17(12)23)8-13-10-26-11-20-13/h2-3,6,10-12,14H,4-5,7-9H2,1H3/t12-,14+/m1/s1. The van der Waals surface area contributed by atoms with E-state index in [9.17, 15) is 9.59 Å². The molecule has 0 aliphatic carbocycles. The first kappa shape index (κ1) is 17.0. The van der Waals surface area contributed by atoms with Crippen LogP contribution in [0.15, 0.2) is 29.2 Å². The van der Waals surface area contributed by atoms with Gasteiger partial charge >= 0.3 is 0 Å². The van der Waals surface area contributed by atoms with Crippen LogP contribution in [0, 0.1) is 5.92 Å². The molecule has 2 amide bonds. The monoisotopic (exact) mass is 372 g/mol. The number of fused-ring (bicyclic) bond motifs is 4. The first-order chi connectivity index (χ1) is 12.7. The van der Waals surface area contributed by atoms with Crippen molar-refractivity contribution in [2.45, 2.75) is 25.4 Å². The molecule has 5 rings (SSSR count). The average molecular weight is 372 g/mol. The van der Waals surface area contributed by atoms with Gasteiger partial charge in [0.05, 0.1) is 30.8 Å². The Kier molecular flexibility index (Phi) is 4.58. The van der Waals surface area contributed by atoms with Gasteiger partial charge in [0.25, 0.3) is 5.91 Å². The molecule has 0 unspecified atom stereocenters. The number of thiazole rings is 1. The van der Waals surface area contributed by atoms with E-state index in [0.717, 1.165) is 18.5 Å². The number of hydrogen-bond acceptors (Lipinski definition) is 6. The van der Waals surface area contributed by atoms with Crippen LogP contribution in [0.1, 0.15) is 28.9 Å². The van der Waals surface area contributed by atoms with Crippen LogP contribution in [-0.4, -0.2) is 57.8 Å². The van der Waals surface area contributed by atoms with Gasteiger partial charge in [-0.1, -0.05) is 0 Å². The Bertz CT molecular complexity index is 811. The van der Waals surface area contributed by atoms with Gasteiger partial charge in [-0.25, -0.2) is 9.97 Å². The lowest BCUT2D eigenvalue weighted by molar-refractivity contribution is -0.140. The average Bonchev–Trinajstić information content (AvgIpc) is 3.04. The minimum Gasteiger partial charge on any atom is -0.480 e. The van der Waals surface area contributed by atoms with Gasteiger partial charge in [0.2, 0.25) is 11.8 Å². The summed E-state index contributed by atoms with van der Waals surface area (Å²) in [6.07, 6.45) is 3.33. The van der Waals surface area contributed by atoms with Gasteiger partial charge in [-0.15, -0.1) is 11.3 Å². The summed E-state index contributed by atoms with van der Waals surface area (Å²) in [5, 5.41) is 1.97. The summed E-state index contributed by atoms with van der Waals surface area (Å²) >= 11 is 1.53. The molecule has 3 aliphatic heterocycles. The Morgan fingerprint density at radius 3 is 3.00 bits per heavy atom. The zero-order valence-electron chi connectivity index (χ0n) is 14.5. The fraction of sp³-hybridized carbons (Fsp3) is 0.444. The van der Waals surface area contributed by atoms with E-state index in [4.69, 9.17) is 4.74 Å². The number of piperidine rings is 1. The number of pyridine rings is 1. The van der Waals surface area contributed by atoms with Gasteiger partial charge in [-0.05, 0) is 25.0 Å². The predicted octanol–water partition coefficient (Wildman–Crippen LogP) is 1.81. The van der Waals surface area contributed by atoms with E-state index < -0.39 is 0 Å². The maximum absolute atomic E-state index is 13.0. The third-order valence-electron chi connectivity index (χ3n) is 5.09. The van der Waals surface area contributed by atoms with Crippen LogP contribution in [0.4, 0.5) is 0 Å². The number of carbonyl (C=O) groups excluding carboxylic acids is 2. The van der Waals surface area contributed by atoms with E-state index in [-0.39, 0.29) is 23.8 Å². The molecule has 2 aromatic rings. The normalized spacial score (nSPS) is 22.4. The molecule has 3 aliphatic rings. The Balaban J connectivity index is 1.57. The van der Waals surface area contributed by atoms with Gasteiger partial charge in [0.15, 0.2) is 0 Å². The zero-order valence-corrected chi connectivity index (χ0v) is 15.3. The molecule has 7 nitrogen and oxygen atoms in total. The maximum atomic E-state index is 13.0. The second kappa shape index (κ2) is 7.03. The minimum atomic E-state index is -0.154. The molecule has 136 valence electrons. The third kappa shape index (κ3) is 3.05. The van der Waals surface area contributed by atoms with Crippen molar-refractivity contribution in [2.24, 2.45) is 5.92 Å². The van der Waals surface area contributed by atoms with E-state index in [2.05, 4.69) is 9.97 Å². The first-order valence-electron chi connectivity index (χ1n) is 8.63. The van der Waals surface area contributed by atoms with Crippen molar-refractivity contribution < 1.29 is 14.3 Å². The topological polar surface area (TPSA) is 75.6 Å². The number of methoxy groups -OCH3 is 1. The summed E-state index contributed by atoms with van der Waals surface area (Å²) in [4.78, 5) is 38.0. The van der Waals surface area contributed by atoms with Crippen molar-refractivity contribution in [1.29, 1.82) is 0 Å². The first-order valence-corrected chi connectivity index (χ1v) is 9.57. The van der Waals surface area contributed by atoms with Crippen molar-refractivity contribution in [3.63, 3.8) is 0 Å². The Hall–Kier alpha value is -2.48. The number of nitrogens with zero attached hydrogens (tertiary/aromatic N) is 4. The quantitative estimate of drug-likeness (QED) is 0.818. The van der Waals surface area contributed by atoms with Gasteiger partial charge in [-0.3, -0.25) is 9.59 Å². The van der Waals surface area contributed by atoms with Crippen LogP contribution in [-0.2, 0) is 11.3 Å². The molecule has 8 heteroatoms. The molecule has 0 radical (unpaired) electrons. The number of ether oxygens (including phenoxy) is 1. The molecule has 0 saturated carbocycles. The second-order valence-corrected chi connectivity index (χ2v) is 7.36. The van der Waals surface area contributed by atoms with Crippen LogP contribution in [0.3, 0.4) is 0 Å². The number of hydrogen-bond donors (Lipinski definition) is 0. The molecule has 26 heavy (non-hydrogen) atoms. The molecular formula is C18H20N4O3S. The van der Waals surface area contributed by atoms with Gasteiger partial charge in [0.1, 0.15) is 5.56 Å². The summed E-state index contributed by atoms with van der Waals surface area (Å²) in [5.74, 6) is 0.164. The van der Waals surface area contributed by atoms with Crippen molar-refractivity contribution >= 4 is 23.2 Å². The predicted molar refractivity (Wildman–Crippen MR) is 95.9 cm³/mol. The maximum Gasteiger partial charge on any atom is 0.259 e. The van der Waals surface area contributed by atoms with E-state index in [1.54, 1.807) is 28.7 Å². The highest BCUT2D eigenvalue weighted by molar-refractivity contribution is 7.07. The molecule has 3 fully saturated rings. The highest BCUT2D eigenvalue weighted by Crippen LogP contribution is 2.31. The van der Waals surface area contributed by atoms with E-state index in [1.807, 2.05) is 10.3 Å². The fourth-order valence-corrected chi connectivity index (χ4v) is 4.34. The van der Waals surface area contributed by atoms with Crippen LogP contribution in [0.5, 0.6) is 5.88 Å². The number of carbonyl (C=O) groups is 2. The lowest BCUT2D eigenvalue weighted by Gasteiger charge is -2.35. The van der Waals surface area contributed by atoms with Crippen molar-refractivity contribution in [1.82, 2.24) is 19.8 Å². The number of aromatic nitrogens is 2. The molecule has 0 aromatic carbocycles. The zero-order chi connectivity index (χ0) is 18.1. The van der Waals surface area contributed by atoms with Crippen molar-refractivity contribution in [2.75, 3.05) is 20.2 Å². The summed E-state index contributed by atoms with van der Waals surface area (Å²) in [5.41, 5.74) is 3.12. The van der Waals surface area contributed by atoms with E-state index in [1.165, 1.54) is 18.4 Å². The fourth-order valence-electron chi connectivity index (χ4n) is 3.79. The van der Waals surface area contributed by atoms with Crippen molar-refractivity contribution in [3.05, 3.63) is 40.5 Å². The number of amides is 2. The second-order valence-electron chi connectivity index (χ2n) is 6.64. The molecule has 0 N–H and O–H groups in total. The molecule has 2 bridgehead atoms. The minimum absolute atomic E-state index is 0.0227. The number of rotatable bonds is 4. The van der Waals surface area contributed by atoms with Gasteiger partial charge in [-0.2, -0.15) is 0 Å². The molecule has 2 aromatic heterocycles. The summed E-state index contributed by atoms with van der Waals surface area (Å²) in [6, 6.07) is 3.46. The molecule has 2 atom stereocenters. The third-order valence-corrected chi connectivity index (χ3v) is 5.73. The molecule has 0 spiro atoms. The SMILES string of the molecule is COc1ncccc1C(=O)N1C[C@H]2CC[C@@H](C1)N(Cc1cscn1)C2=O. The lowest BCUT2D eigenvalue weighted by atomic mass is 9.94. The summed E-state index contributed by atoms with van der Waals surface area (Å²) < 4.78 is 5.23. The van der Waals surface area contributed by atoms with E-state index in [0.29, 0.717) is 31.1 Å². The molecular weight excluding hydrogens is 352 g/mol.